The first kappa shape index (κ1) is 13.3. The fourth-order valence-electron chi connectivity index (χ4n) is 1.70. The van der Waals surface area contributed by atoms with Gasteiger partial charge in [0.2, 0.25) is 5.82 Å². The van der Waals surface area contributed by atoms with Crippen LogP contribution in [-0.4, -0.2) is 16.6 Å². The van der Waals surface area contributed by atoms with E-state index in [1.807, 2.05) is 19.1 Å². The van der Waals surface area contributed by atoms with Gasteiger partial charge in [0.15, 0.2) is 0 Å². The van der Waals surface area contributed by atoms with Gasteiger partial charge in [0, 0.05) is 0 Å². The van der Waals surface area contributed by atoms with Crippen molar-refractivity contribution in [2.24, 2.45) is 0 Å². The molecule has 0 amide bonds. The molecule has 5 heteroatoms. The minimum atomic E-state index is -0.851. The van der Waals surface area contributed by atoms with Crippen molar-refractivity contribution in [1.82, 2.24) is 9.97 Å². The molecule has 0 aliphatic rings. The smallest absolute Gasteiger partial charge is 0.287 e. The van der Waals surface area contributed by atoms with E-state index in [4.69, 9.17) is 4.74 Å². The Bertz CT molecular complexity index is 638. The van der Waals surface area contributed by atoms with Gasteiger partial charge in [-0.3, -0.25) is 4.79 Å². The molecule has 1 aromatic heterocycles. The van der Waals surface area contributed by atoms with Crippen LogP contribution < -0.4 is 10.3 Å². The number of hydrogen-bond acceptors (Lipinski definition) is 3. The maximum atomic E-state index is 13.3. The summed E-state index contributed by atoms with van der Waals surface area (Å²) in [5, 5.41) is 0. The molecule has 2 aromatic rings. The Hall–Kier alpha value is -2.17. The summed E-state index contributed by atoms with van der Waals surface area (Å²) >= 11 is 0. The van der Waals surface area contributed by atoms with Crippen LogP contribution in [0.3, 0.4) is 0 Å². The molecule has 0 radical (unpaired) electrons. The van der Waals surface area contributed by atoms with E-state index in [0.717, 1.165) is 6.42 Å². The highest BCUT2D eigenvalue weighted by atomic mass is 19.1. The van der Waals surface area contributed by atoms with Gasteiger partial charge in [-0.2, -0.15) is 4.39 Å². The lowest BCUT2D eigenvalue weighted by atomic mass is 10.2. The van der Waals surface area contributed by atoms with Gasteiger partial charge in [-0.25, -0.2) is 4.98 Å². The molecule has 0 aliphatic carbocycles. The van der Waals surface area contributed by atoms with E-state index in [1.54, 1.807) is 12.1 Å². The summed E-state index contributed by atoms with van der Waals surface area (Å²) in [6.45, 7) is 4.04. The second kappa shape index (κ2) is 5.65. The van der Waals surface area contributed by atoms with E-state index in [-0.39, 0.29) is 5.69 Å². The van der Waals surface area contributed by atoms with E-state index in [1.165, 1.54) is 6.92 Å². The number of para-hydroxylation sites is 1. The molecule has 1 heterocycles. The summed E-state index contributed by atoms with van der Waals surface area (Å²) in [6, 6.07) is 7.22. The molecule has 0 spiro atoms. The van der Waals surface area contributed by atoms with Gasteiger partial charge in [-0.1, -0.05) is 19.1 Å². The number of benzene rings is 1. The molecule has 0 bridgehead atoms. The molecular formula is C14H15FN2O2. The summed E-state index contributed by atoms with van der Waals surface area (Å²) in [5.41, 5.74) is -0.0482. The monoisotopic (exact) mass is 262 g/mol. The van der Waals surface area contributed by atoms with Crippen LogP contribution in [0.15, 0.2) is 29.1 Å². The lowest BCUT2D eigenvalue weighted by Gasteiger charge is -2.10. The highest BCUT2D eigenvalue weighted by molar-refractivity contribution is 5.63. The summed E-state index contributed by atoms with van der Waals surface area (Å²) in [4.78, 5) is 17.9. The van der Waals surface area contributed by atoms with Gasteiger partial charge in [-0.15, -0.1) is 0 Å². The van der Waals surface area contributed by atoms with Crippen molar-refractivity contribution in [3.05, 3.63) is 46.1 Å². The van der Waals surface area contributed by atoms with Crippen molar-refractivity contribution in [1.29, 1.82) is 0 Å². The summed E-state index contributed by atoms with van der Waals surface area (Å²) in [7, 11) is 0. The van der Waals surface area contributed by atoms with Crippen molar-refractivity contribution < 1.29 is 9.13 Å². The molecule has 0 saturated heterocycles. The Kier molecular flexibility index (Phi) is 3.94. The number of nitrogens with one attached hydrogen (secondary N) is 1. The molecular weight excluding hydrogens is 247 g/mol. The Morgan fingerprint density at radius 2 is 2.11 bits per heavy atom. The summed E-state index contributed by atoms with van der Waals surface area (Å²) < 4.78 is 18.9. The summed E-state index contributed by atoms with van der Waals surface area (Å²) in [5.74, 6) is 0.0878. The second-order valence-corrected chi connectivity index (χ2v) is 4.16. The molecule has 4 nitrogen and oxygen atoms in total. The average Bonchev–Trinajstić information content (AvgIpc) is 2.42. The molecule has 0 fully saturated rings. The SMILES string of the molecule is CCCOc1ccccc1-c1nc(C)c(F)c(=O)[nH]1. The quantitative estimate of drug-likeness (QED) is 0.921. The first-order chi connectivity index (χ1) is 9.13. The van der Waals surface area contributed by atoms with Crippen LogP contribution >= 0.6 is 0 Å². The van der Waals surface area contributed by atoms with Gasteiger partial charge in [-0.05, 0) is 25.5 Å². The normalized spacial score (nSPS) is 10.5. The largest absolute Gasteiger partial charge is 0.493 e. The minimum Gasteiger partial charge on any atom is -0.493 e. The highest BCUT2D eigenvalue weighted by Gasteiger charge is 2.12. The first-order valence-corrected chi connectivity index (χ1v) is 6.12. The van der Waals surface area contributed by atoms with E-state index in [9.17, 15) is 9.18 Å². The Balaban J connectivity index is 2.50. The molecule has 0 unspecified atom stereocenters. The molecule has 2 rings (SSSR count). The van der Waals surface area contributed by atoms with Crippen LogP contribution in [0.2, 0.25) is 0 Å². The van der Waals surface area contributed by atoms with E-state index in [2.05, 4.69) is 9.97 Å². The van der Waals surface area contributed by atoms with Crippen LogP contribution in [-0.2, 0) is 0 Å². The predicted octanol–water partition coefficient (Wildman–Crippen LogP) is 2.67. The highest BCUT2D eigenvalue weighted by Crippen LogP contribution is 2.26. The number of halogens is 1. The zero-order valence-corrected chi connectivity index (χ0v) is 10.9. The average molecular weight is 262 g/mol. The number of ether oxygens (including phenoxy) is 1. The lowest BCUT2D eigenvalue weighted by Crippen LogP contribution is -2.15. The second-order valence-electron chi connectivity index (χ2n) is 4.16. The van der Waals surface area contributed by atoms with Crippen LogP contribution in [0.1, 0.15) is 19.0 Å². The first-order valence-electron chi connectivity index (χ1n) is 6.12. The van der Waals surface area contributed by atoms with Crippen LogP contribution in [0.4, 0.5) is 4.39 Å². The fourth-order valence-corrected chi connectivity index (χ4v) is 1.70. The number of rotatable bonds is 4. The van der Waals surface area contributed by atoms with Gasteiger partial charge < -0.3 is 9.72 Å². The molecule has 19 heavy (non-hydrogen) atoms. The minimum absolute atomic E-state index is 0.0732. The number of nitrogens with zero attached hydrogens (tertiary/aromatic N) is 1. The Morgan fingerprint density at radius 3 is 2.79 bits per heavy atom. The third-order valence-electron chi connectivity index (χ3n) is 2.63. The molecule has 0 saturated carbocycles. The number of H-pyrrole nitrogens is 1. The van der Waals surface area contributed by atoms with E-state index < -0.39 is 11.4 Å². The van der Waals surface area contributed by atoms with Crippen molar-refractivity contribution >= 4 is 0 Å². The fraction of sp³-hybridized carbons (Fsp3) is 0.286. The zero-order chi connectivity index (χ0) is 13.8. The third kappa shape index (κ3) is 2.81. The zero-order valence-electron chi connectivity index (χ0n) is 10.9. The van der Waals surface area contributed by atoms with Gasteiger partial charge in [0.05, 0.1) is 17.9 Å². The van der Waals surface area contributed by atoms with Gasteiger partial charge in [0.25, 0.3) is 5.56 Å². The number of hydrogen-bond donors (Lipinski definition) is 1. The molecule has 0 atom stereocenters. The maximum absolute atomic E-state index is 13.3. The van der Waals surface area contributed by atoms with Crippen molar-refractivity contribution in [2.45, 2.75) is 20.3 Å². The van der Waals surface area contributed by atoms with Crippen molar-refractivity contribution in [3.63, 3.8) is 0 Å². The summed E-state index contributed by atoms with van der Waals surface area (Å²) in [6.07, 6.45) is 0.876. The standard InChI is InChI=1S/C14H15FN2O2/c1-3-8-19-11-7-5-4-6-10(11)13-16-9(2)12(15)14(18)17-13/h4-7H,3,8H2,1-2H3,(H,16,17,18). The third-order valence-corrected chi connectivity index (χ3v) is 2.63. The van der Waals surface area contributed by atoms with Crippen molar-refractivity contribution in [2.75, 3.05) is 6.61 Å². The number of aromatic amines is 1. The van der Waals surface area contributed by atoms with Gasteiger partial charge >= 0.3 is 0 Å². The van der Waals surface area contributed by atoms with Crippen LogP contribution in [0, 0.1) is 12.7 Å². The molecule has 1 N–H and O–H groups in total. The predicted molar refractivity (Wildman–Crippen MR) is 70.8 cm³/mol. The maximum Gasteiger partial charge on any atom is 0.287 e. The lowest BCUT2D eigenvalue weighted by molar-refractivity contribution is 0.318. The molecule has 1 aromatic carbocycles. The topological polar surface area (TPSA) is 55.0 Å². The number of aromatic nitrogens is 2. The Morgan fingerprint density at radius 1 is 1.37 bits per heavy atom. The van der Waals surface area contributed by atoms with Crippen LogP contribution in [0.25, 0.3) is 11.4 Å². The Labute approximate surface area is 110 Å². The van der Waals surface area contributed by atoms with Crippen molar-refractivity contribution in [3.8, 4) is 17.1 Å². The molecule has 0 aliphatic heterocycles. The van der Waals surface area contributed by atoms with E-state index in [0.29, 0.717) is 23.7 Å². The van der Waals surface area contributed by atoms with Gasteiger partial charge in [0.1, 0.15) is 11.6 Å². The molecule has 100 valence electrons. The van der Waals surface area contributed by atoms with Crippen LogP contribution in [0.5, 0.6) is 5.75 Å². The van der Waals surface area contributed by atoms with E-state index >= 15 is 0 Å². The number of aryl methyl sites for hydroxylation is 1.